The molecule has 0 aromatic heterocycles. The van der Waals surface area contributed by atoms with Crippen molar-refractivity contribution in [3.63, 3.8) is 0 Å². The zero-order valence-corrected chi connectivity index (χ0v) is 8.05. The third-order valence-corrected chi connectivity index (χ3v) is 0.680. The summed E-state index contributed by atoms with van der Waals surface area (Å²) in [5.74, 6) is 0.587. The van der Waals surface area contributed by atoms with Gasteiger partial charge in [-0.3, -0.25) is 4.79 Å². The van der Waals surface area contributed by atoms with Crippen LogP contribution in [0.5, 0.6) is 0 Å². The zero-order valence-electron chi connectivity index (χ0n) is 5.23. The van der Waals surface area contributed by atoms with Crippen molar-refractivity contribution in [3.8, 4) is 0 Å². The average molecular weight is 141 g/mol. The first kappa shape index (κ1) is 11.6. The van der Waals surface area contributed by atoms with Gasteiger partial charge in [0.05, 0.1) is 0 Å². The Morgan fingerprint density at radius 1 is 1.75 bits per heavy atom. The Labute approximate surface area is 77.1 Å². The maximum Gasteiger partial charge on any atom is 1.00 e. The molecule has 0 unspecified atom stereocenters. The van der Waals surface area contributed by atoms with Crippen molar-refractivity contribution in [2.45, 2.75) is 6.92 Å². The minimum Gasteiger partial charge on any atom is -0.791 e. The topological polar surface area (TPSA) is 29.1 Å². The largest absolute Gasteiger partial charge is 1.00 e. The van der Waals surface area contributed by atoms with Gasteiger partial charge in [-0.15, -0.1) is 0 Å². The normalized spacial score (nSPS) is 7.25. The monoisotopic (exact) mass is 141 g/mol. The van der Waals surface area contributed by atoms with Crippen LogP contribution in [-0.4, -0.2) is 18.2 Å². The number of carbonyl (C=O) groups is 1. The Morgan fingerprint density at radius 3 is 2.38 bits per heavy atom. The first-order valence-electron chi connectivity index (χ1n) is 2.10. The van der Waals surface area contributed by atoms with E-state index in [0.717, 1.165) is 0 Å². The molecule has 0 bridgehead atoms. The number of nitrogens with one attached hydrogen (secondary N) is 1. The van der Waals surface area contributed by atoms with E-state index in [4.69, 9.17) is 0 Å². The maximum absolute atomic E-state index is 10.0. The minimum absolute atomic E-state index is 0. The molecule has 0 aliphatic carbocycles. The van der Waals surface area contributed by atoms with E-state index in [1.165, 1.54) is 6.92 Å². The van der Waals surface area contributed by atoms with Gasteiger partial charge in [0.2, 0.25) is 5.91 Å². The van der Waals surface area contributed by atoms with Crippen LogP contribution in [-0.2, 0) is 17.4 Å². The molecule has 0 radical (unpaired) electrons. The molecule has 1 amide bonds. The Kier molecular flexibility index (Phi) is 11.3. The smallest absolute Gasteiger partial charge is 0.791 e. The summed E-state index contributed by atoms with van der Waals surface area (Å²) in [7, 11) is 0. The summed E-state index contributed by atoms with van der Waals surface area (Å²) in [4.78, 5) is 10.0. The number of rotatable bonds is 2. The van der Waals surface area contributed by atoms with Gasteiger partial charge in [-0.25, -0.2) is 0 Å². The van der Waals surface area contributed by atoms with Crippen molar-refractivity contribution >= 4 is 18.5 Å². The summed E-state index contributed by atoms with van der Waals surface area (Å²) in [6.07, 6.45) is 0. The number of hydrogen-bond acceptors (Lipinski definition) is 2. The van der Waals surface area contributed by atoms with Crippen molar-refractivity contribution < 1.29 is 34.4 Å². The van der Waals surface area contributed by atoms with E-state index in [0.29, 0.717) is 12.3 Å². The van der Waals surface area contributed by atoms with E-state index in [-0.39, 0.29) is 35.5 Å². The second-order valence-corrected chi connectivity index (χ2v) is 1.60. The molecule has 0 saturated heterocycles. The molecule has 0 atom stereocenters. The summed E-state index contributed by atoms with van der Waals surface area (Å²) in [5, 5.41) is 2.55. The second-order valence-electron chi connectivity index (χ2n) is 1.19. The summed E-state index contributed by atoms with van der Waals surface area (Å²) in [5.41, 5.74) is 0. The van der Waals surface area contributed by atoms with Crippen LogP contribution in [0.1, 0.15) is 6.92 Å². The molecular weight excluding hydrogens is 133 g/mol. The van der Waals surface area contributed by atoms with Crippen LogP contribution in [0, 0.1) is 0 Å². The fourth-order valence-corrected chi connectivity index (χ4v) is 0.329. The fraction of sp³-hybridized carbons (Fsp3) is 0.750. The summed E-state index contributed by atoms with van der Waals surface area (Å²) in [6, 6.07) is 0. The SMILES string of the molecule is CC(=O)NCC[S-].[Na+]. The molecule has 0 aliphatic rings. The van der Waals surface area contributed by atoms with Crippen LogP contribution in [0.2, 0.25) is 0 Å². The molecule has 8 heavy (non-hydrogen) atoms. The number of amides is 1. The van der Waals surface area contributed by atoms with Crippen molar-refractivity contribution in [1.82, 2.24) is 5.32 Å². The van der Waals surface area contributed by atoms with Gasteiger partial charge in [0.1, 0.15) is 0 Å². The quantitative estimate of drug-likeness (QED) is 0.322. The van der Waals surface area contributed by atoms with E-state index < -0.39 is 0 Å². The van der Waals surface area contributed by atoms with Crippen molar-refractivity contribution in [1.29, 1.82) is 0 Å². The Balaban J connectivity index is 0. The minimum atomic E-state index is -0.00940. The molecular formula is C4H8NNaOS. The van der Waals surface area contributed by atoms with Gasteiger partial charge in [0.25, 0.3) is 0 Å². The van der Waals surface area contributed by atoms with Gasteiger partial charge in [0, 0.05) is 6.92 Å². The average Bonchev–Trinajstić information content (AvgIpc) is 1.61. The molecule has 2 nitrogen and oxygen atoms in total. The van der Waals surface area contributed by atoms with Gasteiger partial charge in [-0.05, 0) is 6.54 Å². The van der Waals surface area contributed by atoms with Crippen LogP contribution in [0.15, 0.2) is 0 Å². The summed E-state index contributed by atoms with van der Waals surface area (Å²) in [6.45, 7) is 2.09. The Hall–Kier alpha value is 0.820. The standard InChI is InChI=1S/C4H9NOS.Na/c1-4(6)5-2-3-7;/h7H,2-3H2,1H3,(H,5,6);/q;+1/p-1. The second kappa shape index (κ2) is 7.82. The predicted octanol–water partition coefficient (Wildman–Crippen LogP) is -3.33. The van der Waals surface area contributed by atoms with Crippen molar-refractivity contribution in [3.05, 3.63) is 0 Å². The first-order valence-corrected chi connectivity index (χ1v) is 2.67. The predicted molar refractivity (Wildman–Crippen MR) is 30.9 cm³/mol. The third kappa shape index (κ3) is 9.94. The molecule has 0 saturated carbocycles. The molecule has 0 rings (SSSR count). The van der Waals surface area contributed by atoms with E-state index in [1.807, 2.05) is 0 Å². The van der Waals surface area contributed by atoms with E-state index in [2.05, 4.69) is 17.9 Å². The van der Waals surface area contributed by atoms with Crippen molar-refractivity contribution in [2.75, 3.05) is 12.3 Å². The van der Waals surface area contributed by atoms with Crippen LogP contribution < -0.4 is 34.9 Å². The zero-order chi connectivity index (χ0) is 5.70. The van der Waals surface area contributed by atoms with Crippen LogP contribution in [0.3, 0.4) is 0 Å². The fourth-order valence-electron chi connectivity index (χ4n) is 0.227. The number of carbonyl (C=O) groups excluding carboxylic acids is 1. The molecule has 0 aromatic rings. The van der Waals surface area contributed by atoms with Crippen LogP contribution >= 0.6 is 0 Å². The molecule has 1 N–H and O–H groups in total. The molecule has 0 heterocycles. The Morgan fingerprint density at radius 2 is 2.25 bits per heavy atom. The summed E-state index contributed by atoms with van der Waals surface area (Å²) < 4.78 is 0. The van der Waals surface area contributed by atoms with Crippen molar-refractivity contribution in [2.24, 2.45) is 0 Å². The molecule has 0 aromatic carbocycles. The maximum atomic E-state index is 10.0. The summed E-state index contributed by atoms with van der Waals surface area (Å²) >= 11 is 4.56. The Bertz CT molecular complexity index is 69.1. The van der Waals surface area contributed by atoms with Gasteiger partial charge < -0.3 is 17.9 Å². The van der Waals surface area contributed by atoms with E-state index in [9.17, 15) is 4.79 Å². The number of hydrogen-bond donors (Lipinski definition) is 1. The molecule has 0 fully saturated rings. The van der Waals surface area contributed by atoms with Gasteiger partial charge in [-0.2, -0.15) is 5.75 Å². The third-order valence-electron chi connectivity index (χ3n) is 0.476. The molecule has 42 valence electrons. The molecule has 0 aliphatic heterocycles. The molecule has 0 spiro atoms. The van der Waals surface area contributed by atoms with Gasteiger partial charge >= 0.3 is 29.6 Å². The van der Waals surface area contributed by atoms with Crippen LogP contribution in [0.4, 0.5) is 0 Å². The van der Waals surface area contributed by atoms with Gasteiger partial charge in [-0.1, -0.05) is 0 Å². The van der Waals surface area contributed by atoms with Crippen LogP contribution in [0.25, 0.3) is 0 Å². The van der Waals surface area contributed by atoms with Gasteiger partial charge in [0.15, 0.2) is 0 Å². The first-order chi connectivity index (χ1) is 3.27. The van der Waals surface area contributed by atoms with E-state index in [1.54, 1.807) is 0 Å². The molecule has 4 heteroatoms. The van der Waals surface area contributed by atoms with E-state index >= 15 is 0 Å².